The molecule has 0 amide bonds. The molecule has 0 saturated heterocycles. The summed E-state index contributed by atoms with van der Waals surface area (Å²) < 4.78 is 21.2. The molecule has 1 N–H and O–H groups in total. The molecule has 33 heavy (non-hydrogen) atoms. The van der Waals surface area contributed by atoms with Crippen LogP contribution in [0.3, 0.4) is 0 Å². The van der Waals surface area contributed by atoms with Crippen LogP contribution < -0.4 is 0 Å². The van der Waals surface area contributed by atoms with Gasteiger partial charge in [-0.3, -0.25) is 4.68 Å². The predicted molar refractivity (Wildman–Crippen MR) is 127 cm³/mol. The number of ether oxygens (including phenoxy) is 1. The minimum atomic E-state index is -0.926. The van der Waals surface area contributed by atoms with Crippen LogP contribution in [0.25, 0.3) is 22.4 Å². The fourth-order valence-electron chi connectivity index (χ4n) is 4.66. The van der Waals surface area contributed by atoms with Crippen LogP contribution in [0.5, 0.6) is 0 Å². The van der Waals surface area contributed by atoms with Gasteiger partial charge < -0.3 is 9.84 Å². The van der Waals surface area contributed by atoms with Gasteiger partial charge in [-0.15, -0.1) is 0 Å². The fraction of sp³-hybridized carbons (Fsp3) is 0.385. The maximum Gasteiger partial charge on any atom is 0.329 e. The van der Waals surface area contributed by atoms with Crippen LogP contribution >= 0.6 is 11.6 Å². The Bertz CT molecular complexity index is 1110. The third-order valence-electron chi connectivity index (χ3n) is 6.44. The molecule has 0 spiro atoms. The van der Waals surface area contributed by atoms with Crippen molar-refractivity contribution in [2.45, 2.75) is 39.2 Å². The van der Waals surface area contributed by atoms with Crippen molar-refractivity contribution in [1.29, 1.82) is 0 Å². The maximum atomic E-state index is 13.8. The van der Waals surface area contributed by atoms with Crippen molar-refractivity contribution in [2.75, 3.05) is 13.2 Å². The minimum absolute atomic E-state index is 0.0992. The highest BCUT2D eigenvalue weighted by Crippen LogP contribution is 2.37. The zero-order valence-corrected chi connectivity index (χ0v) is 19.4. The number of rotatable bonds is 8. The average Bonchev–Trinajstić information content (AvgIpc) is 3.13. The first-order valence-corrected chi connectivity index (χ1v) is 11.7. The van der Waals surface area contributed by atoms with Gasteiger partial charge in [0.25, 0.3) is 0 Å². The highest BCUT2D eigenvalue weighted by atomic mass is 35.5. The van der Waals surface area contributed by atoms with Gasteiger partial charge in [0.1, 0.15) is 18.1 Å². The van der Waals surface area contributed by atoms with Gasteiger partial charge in [-0.05, 0) is 62.1 Å². The summed E-state index contributed by atoms with van der Waals surface area (Å²) in [6.45, 7) is 3.14. The largest absolute Gasteiger partial charge is 0.480 e. The number of nitrogens with zero attached hydrogens (tertiary/aromatic N) is 2. The molecule has 5 nitrogen and oxygen atoms in total. The summed E-state index contributed by atoms with van der Waals surface area (Å²) >= 11 is 6.10. The first kappa shape index (κ1) is 23.5. The Kier molecular flexibility index (Phi) is 7.46. The minimum Gasteiger partial charge on any atom is -0.480 e. The van der Waals surface area contributed by atoms with Gasteiger partial charge in [0.2, 0.25) is 0 Å². The van der Waals surface area contributed by atoms with E-state index < -0.39 is 11.8 Å². The monoisotopic (exact) mass is 470 g/mol. The Morgan fingerprint density at radius 2 is 1.82 bits per heavy atom. The number of carboxylic acids is 1. The number of aromatic nitrogens is 2. The van der Waals surface area contributed by atoms with Crippen molar-refractivity contribution in [3.8, 4) is 22.4 Å². The van der Waals surface area contributed by atoms with E-state index >= 15 is 0 Å². The zero-order chi connectivity index (χ0) is 23.4. The predicted octanol–water partition coefficient (Wildman–Crippen LogP) is 6.23. The molecule has 0 radical (unpaired) electrons. The van der Waals surface area contributed by atoms with E-state index in [-0.39, 0.29) is 11.6 Å². The van der Waals surface area contributed by atoms with Crippen molar-refractivity contribution >= 4 is 17.6 Å². The molecule has 7 heteroatoms. The molecule has 1 aliphatic rings. The second kappa shape index (κ2) is 10.5. The number of carboxylic acid groups (broad SMARTS) is 1. The smallest absolute Gasteiger partial charge is 0.329 e. The number of benzene rings is 2. The molecule has 0 atom stereocenters. The third kappa shape index (κ3) is 5.63. The second-order valence-electron chi connectivity index (χ2n) is 8.78. The standard InChI is InChI=1S/C26H28ClFN2O3/c1-17-25(21-11-12-23(28)22(27)13-21)26(20-5-3-2-4-6-20)29-30(17)14-18-7-9-19(10-8-18)15-33-16-24(31)32/h2-6,11-13,18-19H,7-10,14-16H2,1H3,(H,31,32)/t18-,19+. The third-order valence-corrected chi connectivity index (χ3v) is 6.73. The summed E-state index contributed by atoms with van der Waals surface area (Å²) in [5.41, 5.74) is 4.73. The van der Waals surface area contributed by atoms with Gasteiger partial charge in [-0.1, -0.05) is 48.0 Å². The average molecular weight is 471 g/mol. The van der Waals surface area contributed by atoms with E-state index in [1.54, 1.807) is 12.1 Å². The molecule has 2 aromatic carbocycles. The van der Waals surface area contributed by atoms with Crippen molar-refractivity contribution < 1.29 is 19.0 Å². The van der Waals surface area contributed by atoms with Gasteiger partial charge in [-0.25, -0.2) is 9.18 Å². The highest BCUT2D eigenvalue weighted by molar-refractivity contribution is 6.31. The Balaban J connectivity index is 1.54. The van der Waals surface area contributed by atoms with Crippen molar-refractivity contribution in [3.63, 3.8) is 0 Å². The van der Waals surface area contributed by atoms with E-state index in [4.69, 9.17) is 26.5 Å². The van der Waals surface area contributed by atoms with Crippen LogP contribution in [0.1, 0.15) is 31.4 Å². The molecule has 0 bridgehead atoms. The fourth-order valence-corrected chi connectivity index (χ4v) is 4.84. The summed E-state index contributed by atoms with van der Waals surface area (Å²) in [7, 11) is 0. The van der Waals surface area contributed by atoms with Gasteiger partial charge in [-0.2, -0.15) is 5.10 Å². The van der Waals surface area contributed by atoms with Crippen LogP contribution in [0, 0.1) is 24.6 Å². The van der Waals surface area contributed by atoms with Crippen molar-refractivity contribution in [2.24, 2.45) is 11.8 Å². The second-order valence-corrected chi connectivity index (χ2v) is 9.19. The van der Waals surface area contributed by atoms with E-state index in [0.717, 1.165) is 60.3 Å². The Morgan fingerprint density at radius 3 is 2.48 bits per heavy atom. The molecular formula is C26H28ClFN2O3. The number of hydrogen-bond donors (Lipinski definition) is 1. The summed E-state index contributed by atoms with van der Waals surface area (Å²) in [5.74, 6) is -0.454. The molecule has 174 valence electrons. The Morgan fingerprint density at radius 1 is 1.12 bits per heavy atom. The molecule has 1 heterocycles. The summed E-state index contributed by atoms with van der Waals surface area (Å²) in [4.78, 5) is 10.6. The van der Waals surface area contributed by atoms with E-state index in [9.17, 15) is 9.18 Å². The molecule has 1 aromatic heterocycles. The first-order valence-electron chi connectivity index (χ1n) is 11.3. The quantitative estimate of drug-likeness (QED) is 0.424. The van der Waals surface area contributed by atoms with Gasteiger partial charge in [0.15, 0.2) is 0 Å². The lowest BCUT2D eigenvalue weighted by atomic mass is 9.82. The molecule has 3 aromatic rings. The van der Waals surface area contributed by atoms with Gasteiger partial charge >= 0.3 is 5.97 Å². The van der Waals surface area contributed by atoms with Crippen LogP contribution in [0.15, 0.2) is 48.5 Å². The lowest BCUT2D eigenvalue weighted by Crippen LogP contribution is -2.23. The molecule has 0 aliphatic heterocycles. The van der Waals surface area contributed by atoms with E-state index in [2.05, 4.69) is 11.6 Å². The van der Waals surface area contributed by atoms with E-state index in [1.165, 1.54) is 6.07 Å². The lowest BCUT2D eigenvalue weighted by molar-refractivity contribution is -0.142. The number of hydrogen-bond acceptors (Lipinski definition) is 3. The molecule has 1 saturated carbocycles. The Labute approximate surface area is 198 Å². The van der Waals surface area contributed by atoms with Gasteiger partial charge in [0, 0.05) is 23.4 Å². The van der Waals surface area contributed by atoms with E-state index in [0.29, 0.717) is 18.4 Å². The zero-order valence-electron chi connectivity index (χ0n) is 18.6. The summed E-state index contributed by atoms with van der Waals surface area (Å²) in [6.07, 6.45) is 4.16. The summed E-state index contributed by atoms with van der Waals surface area (Å²) in [5, 5.41) is 13.8. The van der Waals surface area contributed by atoms with Crippen molar-refractivity contribution in [3.05, 3.63) is 65.1 Å². The lowest BCUT2D eigenvalue weighted by Gasteiger charge is -2.28. The first-order chi connectivity index (χ1) is 15.9. The number of halogens is 2. The number of carbonyl (C=O) groups is 1. The van der Waals surface area contributed by atoms with Crippen LogP contribution in [-0.2, 0) is 16.1 Å². The van der Waals surface area contributed by atoms with Crippen LogP contribution in [0.4, 0.5) is 4.39 Å². The van der Waals surface area contributed by atoms with Crippen LogP contribution in [0.2, 0.25) is 5.02 Å². The molecule has 1 aliphatic carbocycles. The molecule has 1 fully saturated rings. The normalized spacial score (nSPS) is 18.4. The van der Waals surface area contributed by atoms with E-state index in [1.807, 2.05) is 30.3 Å². The Hall–Kier alpha value is -2.70. The van der Waals surface area contributed by atoms with Crippen molar-refractivity contribution in [1.82, 2.24) is 9.78 Å². The molecule has 4 rings (SSSR count). The highest BCUT2D eigenvalue weighted by Gasteiger charge is 2.25. The number of aliphatic carboxylic acids is 1. The maximum absolute atomic E-state index is 13.8. The van der Waals surface area contributed by atoms with Crippen LogP contribution in [-0.4, -0.2) is 34.1 Å². The SMILES string of the molecule is Cc1c(-c2ccc(F)c(Cl)c2)c(-c2ccccc2)nn1C[C@H]1CC[C@@H](COCC(=O)O)CC1. The molecular weight excluding hydrogens is 443 g/mol. The summed E-state index contributed by atoms with van der Waals surface area (Å²) in [6, 6.07) is 14.8. The molecule has 0 unspecified atom stereocenters. The van der Waals surface area contributed by atoms with Gasteiger partial charge in [0.05, 0.1) is 11.6 Å². The topological polar surface area (TPSA) is 64.4 Å².